The number of hydrogen-bond acceptors (Lipinski definition) is 1. The summed E-state index contributed by atoms with van der Waals surface area (Å²) in [6.45, 7) is 0. The van der Waals surface area contributed by atoms with Crippen LogP contribution in [0.2, 0.25) is 0 Å². The van der Waals surface area contributed by atoms with Crippen LogP contribution in [0.15, 0.2) is 0 Å². The highest BCUT2D eigenvalue weighted by Gasteiger charge is 2.56. The van der Waals surface area contributed by atoms with E-state index in [0.29, 0.717) is 0 Å². The molecule has 0 atom stereocenters. The Morgan fingerprint density at radius 3 is 1.30 bits per heavy atom. The Morgan fingerprint density at radius 1 is 0.696 bits per heavy atom. The summed E-state index contributed by atoms with van der Waals surface area (Å²) in [5.74, 6) is -22.8. The molecule has 0 aromatic carbocycles. The van der Waals surface area contributed by atoms with E-state index in [9.17, 15) is 48.7 Å². The Morgan fingerprint density at radius 2 is 1.00 bits per heavy atom. The molecular weight excluding hydrogens is 469 g/mol. The Bertz CT molecular complexity index is 432. The molecule has 13 heteroatoms. The van der Waals surface area contributed by atoms with Gasteiger partial charge in [-0.2, -0.15) is 17.6 Å². The van der Waals surface area contributed by atoms with Gasteiger partial charge in [0.1, 0.15) is 0 Å². The molecule has 0 unspecified atom stereocenters. The van der Waals surface area contributed by atoms with Crippen molar-refractivity contribution in [3.05, 3.63) is 0 Å². The summed E-state index contributed by atoms with van der Waals surface area (Å²) >= 11 is 0.236. The van der Waals surface area contributed by atoms with Gasteiger partial charge in [-0.3, -0.25) is 0 Å². The zero-order valence-electron chi connectivity index (χ0n) is 10.8. The van der Waals surface area contributed by atoms with Gasteiger partial charge in [-0.05, 0) is 22.6 Å². The van der Waals surface area contributed by atoms with Crippen molar-refractivity contribution in [3.8, 4) is 0 Å². The summed E-state index contributed by atoms with van der Waals surface area (Å²) in [5, 5.41) is 7.94. The molecule has 23 heavy (non-hydrogen) atoms. The highest BCUT2D eigenvalue weighted by Crippen LogP contribution is 2.45. The average molecular weight is 478 g/mol. The van der Waals surface area contributed by atoms with Crippen LogP contribution in [0.5, 0.6) is 0 Å². The lowest BCUT2D eigenvalue weighted by atomic mass is 9.97. The minimum atomic E-state index is -5.06. The minimum Gasteiger partial charge on any atom is -0.477 e. The number of aliphatic carboxylic acids is 1. The Kier molecular flexibility index (Phi) is 6.63. The highest BCUT2D eigenvalue weighted by atomic mass is 127. The molecule has 0 saturated heterocycles. The van der Waals surface area contributed by atoms with Crippen molar-refractivity contribution < 1.29 is 53.8 Å². The van der Waals surface area contributed by atoms with Gasteiger partial charge in [0.05, 0.1) is 25.7 Å². The molecule has 0 aliphatic rings. The normalized spacial score (nSPS) is 14.9. The largest absolute Gasteiger partial charge is 0.477 e. The van der Waals surface area contributed by atoms with E-state index >= 15 is 0 Å². The van der Waals surface area contributed by atoms with Gasteiger partial charge in [-0.1, -0.05) is 0 Å². The van der Waals surface area contributed by atoms with E-state index < -0.39 is 59.3 Å². The van der Waals surface area contributed by atoms with Crippen molar-refractivity contribution in [1.82, 2.24) is 0 Å². The second-order valence-corrected chi connectivity index (χ2v) is 6.48. The van der Waals surface area contributed by atoms with E-state index in [-0.39, 0.29) is 22.6 Å². The van der Waals surface area contributed by atoms with E-state index in [1.165, 1.54) is 0 Å². The second-order valence-electron chi connectivity index (χ2n) is 4.90. The molecule has 0 rings (SSSR count). The first kappa shape index (κ1) is 22.5. The average Bonchev–Trinajstić information content (AvgIpc) is 2.04. The van der Waals surface area contributed by atoms with Crippen molar-refractivity contribution in [2.24, 2.45) is 0 Å². The minimum absolute atomic E-state index is 0.236. The lowest BCUT2D eigenvalue weighted by Gasteiger charge is -2.28. The number of carboxylic acid groups (broad SMARTS) is 1. The molecule has 0 saturated carbocycles. The maximum atomic E-state index is 13.2. The molecule has 0 radical (unpaired) electrons. The molecule has 0 fully saturated rings. The van der Waals surface area contributed by atoms with Crippen molar-refractivity contribution in [2.75, 3.05) is 0 Å². The molecule has 0 aromatic heterocycles. The number of carboxylic acids is 1. The van der Waals surface area contributed by atoms with Crippen LogP contribution in [0, 0.1) is 0 Å². The summed E-state index contributed by atoms with van der Waals surface area (Å²) in [6, 6.07) is 0. The van der Waals surface area contributed by atoms with Gasteiger partial charge in [0, 0.05) is 0 Å². The van der Waals surface area contributed by atoms with Crippen LogP contribution >= 0.6 is 22.6 Å². The van der Waals surface area contributed by atoms with Crippen molar-refractivity contribution in [2.45, 2.75) is 53.3 Å². The van der Waals surface area contributed by atoms with Gasteiger partial charge >= 0.3 is 15.8 Å². The standard InChI is InChI=1S/C10H9F10IO2/c11-6(12,2-8(15,16)4-10(19,20)21)1-7(13,14)3-9(17,18)5(22)23/h1-4H2,(H,22,23). The van der Waals surface area contributed by atoms with Gasteiger partial charge in [0.25, 0.3) is 17.8 Å². The topological polar surface area (TPSA) is 37.3 Å². The quantitative estimate of drug-likeness (QED) is 0.281. The fourth-order valence-corrected chi connectivity index (χ4v) is 2.20. The number of alkyl halides is 11. The molecule has 0 bridgehead atoms. The molecule has 0 spiro atoms. The molecule has 2 nitrogen and oxygen atoms in total. The summed E-state index contributed by atoms with van der Waals surface area (Å²) in [5.41, 5.74) is 0. The molecule has 1 N–H and O–H groups in total. The SMILES string of the molecule is O=C(O)C(F)(F)CC(F)(F)CC(F)(F)CC(F)(F)CC(F)(F)I. The molecule has 138 valence electrons. The van der Waals surface area contributed by atoms with Crippen LogP contribution in [0.3, 0.4) is 0 Å². The van der Waals surface area contributed by atoms with Crippen molar-refractivity contribution >= 4 is 28.6 Å². The Balaban J connectivity index is 5.00. The summed E-state index contributed by atoms with van der Waals surface area (Å²) in [4.78, 5) is 9.97. The highest BCUT2D eigenvalue weighted by molar-refractivity contribution is 14.1. The van der Waals surface area contributed by atoms with E-state index in [1.807, 2.05) is 0 Å². The van der Waals surface area contributed by atoms with Gasteiger partial charge in [0.15, 0.2) is 0 Å². The first-order valence-corrected chi connectivity index (χ1v) is 6.66. The van der Waals surface area contributed by atoms with Gasteiger partial charge < -0.3 is 5.11 Å². The first-order valence-electron chi connectivity index (χ1n) is 5.58. The third kappa shape index (κ3) is 9.39. The second kappa shape index (κ2) is 6.78. The van der Waals surface area contributed by atoms with Crippen LogP contribution in [-0.2, 0) is 4.79 Å². The molecule has 0 aliphatic heterocycles. The smallest absolute Gasteiger partial charge is 0.374 e. The number of halogens is 11. The van der Waals surface area contributed by atoms with E-state index in [2.05, 4.69) is 0 Å². The fraction of sp³-hybridized carbons (Fsp3) is 0.900. The van der Waals surface area contributed by atoms with E-state index in [1.54, 1.807) is 0 Å². The van der Waals surface area contributed by atoms with Crippen LogP contribution in [-0.4, -0.2) is 38.7 Å². The van der Waals surface area contributed by atoms with Crippen LogP contribution < -0.4 is 0 Å². The molecular formula is C10H9F10IO2. The molecule has 0 aromatic rings. The lowest BCUT2D eigenvalue weighted by molar-refractivity contribution is -0.197. The zero-order valence-corrected chi connectivity index (χ0v) is 13.0. The zero-order chi connectivity index (χ0) is 18.9. The summed E-state index contributed by atoms with van der Waals surface area (Å²) in [6.07, 6.45) is -10.7. The van der Waals surface area contributed by atoms with Gasteiger partial charge in [0.2, 0.25) is 0 Å². The molecule has 0 heterocycles. The van der Waals surface area contributed by atoms with Crippen LogP contribution in [0.4, 0.5) is 43.9 Å². The maximum Gasteiger partial charge on any atom is 0.374 e. The third-order valence-corrected chi connectivity index (χ3v) is 2.67. The van der Waals surface area contributed by atoms with Crippen molar-refractivity contribution in [3.63, 3.8) is 0 Å². The van der Waals surface area contributed by atoms with Crippen LogP contribution in [0.1, 0.15) is 25.7 Å². The van der Waals surface area contributed by atoms with E-state index in [4.69, 9.17) is 5.11 Å². The number of rotatable bonds is 9. The number of hydrogen-bond donors (Lipinski definition) is 1. The molecule has 0 aliphatic carbocycles. The van der Waals surface area contributed by atoms with Crippen LogP contribution in [0.25, 0.3) is 0 Å². The predicted molar refractivity (Wildman–Crippen MR) is 64.9 cm³/mol. The molecule has 0 amide bonds. The first-order chi connectivity index (χ1) is 9.77. The van der Waals surface area contributed by atoms with E-state index in [0.717, 1.165) is 0 Å². The van der Waals surface area contributed by atoms with Gasteiger partial charge in [-0.25, -0.2) is 31.1 Å². The van der Waals surface area contributed by atoms with Crippen molar-refractivity contribution in [1.29, 1.82) is 0 Å². The maximum absolute atomic E-state index is 13.2. The predicted octanol–water partition coefficient (Wildman–Crippen LogP) is 5.20. The number of carbonyl (C=O) groups is 1. The fourth-order valence-electron chi connectivity index (χ4n) is 1.64. The van der Waals surface area contributed by atoms with Gasteiger partial charge in [-0.15, -0.1) is 0 Å². The third-order valence-electron chi connectivity index (χ3n) is 2.29. The monoisotopic (exact) mass is 478 g/mol. The lowest BCUT2D eigenvalue weighted by Crippen LogP contribution is -2.41. The Hall–Kier alpha value is -0.500. The summed E-state index contributed by atoms with van der Waals surface area (Å²) in [7, 11) is 0. The summed E-state index contributed by atoms with van der Waals surface area (Å²) < 4.78 is 124. The Labute approximate surface area is 136 Å².